The maximum absolute atomic E-state index is 12.4. The second kappa shape index (κ2) is 8.69. The average molecular weight is 356 g/mol. The number of carbonyl (C=O) groups excluding carboxylic acids is 2. The summed E-state index contributed by atoms with van der Waals surface area (Å²) in [4.78, 5) is 24.3. The van der Waals surface area contributed by atoms with E-state index in [2.05, 4.69) is 15.5 Å². The minimum absolute atomic E-state index is 0.0221. The molecule has 138 valence electrons. The molecule has 0 aliphatic heterocycles. The van der Waals surface area contributed by atoms with Gasteiger partial charge in [0.1, 0.15) is 0 Å². The third-order valence-corrected chi connectivity index (χ3v) is 4.63. The smallest absolute Gasteiger partial charge is 0.306 e. The van der Waals surface area contributed by atoms with Crippen LogP contribution in [0.1, 0.15) is 66.3 Å². The Morgan fingerprint density at radius 3 is 2.77 bits per heavy atom. The van der Waals surface area contributed by atoms with Gasteiger partial charge >= 0.3 is 5.97 Å². The highest BCUT2D eigenvalue weighted by atomic mass is 16.5. The van der Waals surface area contributed by atoms with Gasteiger partial charge in [-0.3, -0.25) is 9.59 Å². The van der Waals surface area contributed by atoms with Crippen LogP contribution in [-0.4, -0.2) is 32.0 Å². The molecule has 0 amide bonds. The van der Waals surface area contributed by atoms with Crippen molar-refractivity contribution in [2.24, 2.45) is 0 Å². The zero-order valence-corrected chi connectivity index (χ0v) is 15.1. The molecule has 0 bridgehead atoms. The third kappa shape index (κ3) is 4.53. The van der Waals surface area contributed by atoms with Crippen molar-refractivity contribution in [1.29, 1.82) is 0 Å². The van der Waals surface area contributed by atoms with Crippen LogP contribution >= 0.6 is 0 Å². The molecule has 0 spiro atoms. The lowest BCUT2D eigenvalue weighted by Crippen LogP contribution is -2.12. The number of hydrogen-bond donors (Lipinski definition) is 0. The van der Waals surface area contributed by atoms with Gasteiger partial charge < -0.3 is 4.74 Å². The first-order valence-corrected chi connectivity index (χ1v) is 9.23. The Kier molecular flexibility index (Phi) is 6.09. The van der Waals surface area contributed by atoms with Crippen molar-refractivity contribution in [2.75, 3.05) is 0 Å². The fourth-order valence-electron chi connectivity index (χ4n) is 3.20. The molecule has 3 rings (SSSR count). The number of carbonyl (C=O) groups is 2. The molecule has 0 fully saturated rings. The summed E-state index contributed by atoms with van der Waals surface area (Å²) in [5, 5.41) is 11.3. The number of fused-ring (bicyclic) bond motifs is 1. The third-order valence-electron chi connectivity index (χ3n) is 4.63. The Hall–Kier alpha value is -2.57. The number of aryl methyl sites for hydroxylation is 3. The molecular formula is C19H24N4O3. The van der Waals surface area contributed by atoms with Crippen LogP contribution in [0.2, 0.25) is 0 Å². The predicted octanol–water partition coefficient (Wildman–Crippen LogP) is 2.67. The van der Waals surface area contributed by atoms with Gasteiger partial charge in [0.25, 0.3) is 0 Å². The van der Waals surface area contributed by atoms with Gasteiger partial charge in [0.2, 0.25) is 0 Å². The Balaban J connectivity index is 1.48. The number of tetrazole rings is 1. The van der Waals surface area contributed by atoms with E-state index in [4.69, 9.17) is 4.74 Å². The molecule has 0 atom stereocenters. The van der Waals surface area contributed by atoms with Gasteiger partial charge in [-0.25, -0.2) is 4.68 Å². The molecule has 7 heteroatoms. The Labute approximate surface area is 152 Å². The largest absolute Gasteiger partial charge is 0.457 e. The van der Waals surface area contributed by atoms with E-state index in [0.717, 1.165) is 19.3 Å². The van der Waals surface area contributed by atoms with Gasteiger partial charge in [-0.15, -0.1) is 5.10 Å². The standard InChI is InChI=1S/C19H24N4O3/c1-2-11-23-18(20-21-22-23)13-26-19(25)10-9-17(24)16-8-7-14-5-3-4-6-15(14)12-16/h7-8,12H,2-6,9-11,13H2,1H3. The van der Waals surface area contributed by atoms with Crippen LogP contribution in [0.3, 0.4) is 0 Å². The predicted molar refractivity (Wildman–Crippen MR) is 94.6 cm³/mol. The number of aromatic nitrogens is 4. The lowest BCUT2D eigenvalue weighted by molar-refractivity contribution is -0.145. The molecule has 0 saturated heterocycles. The van der Waals surface area contributed by atoms with E-state index in [1.807, 2.05) is 25.1 Å². The molecule has 26 heavy (non-hydrogen) atoms. The number of esters is 1. The lowest BCUT2D eigenvalue weighted by Gasteiger charge is -2.16. The molecule has 2 aromatic rings. The quantitative estimate of drug-likeness (QED) is 0.534. The zero-order valence-electron chi connectivity index (χ0n) is 15.1. The summed E-state index contributed by atoms with van der Waals surface area (Å²) in [6.07, 6.45) is 5.62. The van der Waals surface area contributed by atoms with Crippen LogP contribution < -0.4 is 0 Å². The monoisotopic (exact) mass is 356 g/mol. The fraction of sp³-hybridized carbons (Fsp3) is 0.526. The highest BCUT2D eigenvalue weighted by molar-refractivity contribution is 5.97. The minimum atomic E-state index is -0.414. The number of Topliss-reactive ketones (excluding diaryl/α,β-unsaturated/α-hetero) is 1. The van der Waals surface area contributed by atoms with Gasteiger partial charge in [0, 0.05) is 18.5 Å². The summed E-state index contributed by atoms with van der Waals surface area (Å²) >= 11 is 0. The Morgan fingerprint density at radius 1 is 1.15 bits per heavy atom. The van der Waals surface area contributed by atoms with Gasteiger partial charge in [-0.1, -0.05) is 19.1 Å². The highest BCUT2D eigenvalue weighted by Gasteiger charge is 2.15. The van der Waals surface area contributed by atoms with E-state index in [-0.39, 0.29) is 25.2 Å². The minimum Gasteiger partial charge on any atom is -0.457 e. The average Bonchev–Trinajstić information content (AvgIpc) is 3.11. The lowest BCUT2D eigenvalue weighted by atomic mass is 9.89. The molecule has 1 heterocycles. The van der Waals surface area contributed by atoms with Crippen LogP contribution in [0.25, 0.3) is 0 Å². The highest BCUT2D eigenvalue weighted by Crippen LogP contribution is 2.23. The maximum atomic E-state index is 12.4. The summed E-state index contributed by atoms with van der Waals surface area (Å²) < 4.78 is 6.81. The van der Waals surface area contributed by atoms with E-state index in [1.165, 1.54) is 24.0 Å². The molecule has 1 aromatic carbocycles. The first kappa shape index (κ1) is 18.2. The van der Waals surface area contributed by atoms with Crippen LogP contribution in [0.5, 0.6) is 0 Å². The SMILES string of the molecule is CCCn1nnnc1COC(=O)CCC(=O)c1ccc2c(c1)CCCC2. The van der Waals surface area contributed by atoms with Crippen molar-refractivity contribution in [3.05, 3.63) is 40.7 Å². The summed E-state index contributed by atoms with van der Waals surface area (Å²) in [6.45, 7) is 2.72. The van der Waals surface area contributed by atoms with Crippen LogP contribution in [0.15, 0.2) is 18.2 Å². The number of rotatable bonds is 8. The molecular weight excluding hydrogens is 332 g/mol. The molecule has 0 radical (unpaired) electrons. The summed E-state index contributed by atoms with van der Waals surface area (Å²) in [6, 6.07) is 5.91. The van der Waals surface area contributed by atoms with E-state index >= 15 is 0 Å². The number of benzene rings is 1. The van der Waals surface area contributed by atoms with Crippen LogP contribution in [0.4, 0.5) is 0 Å². The second-order valence-electron chi connectivity index (χ2n) is 6.59. The van der Waals surface area contributed by atoms with Crippen LogP contribution in [-0.2, 0) is 35.5 Å². The molecule has 1 aliphatic rings. The van der Waals surface area contributed by atoms with Gasteiger partial charge in [0.05, 0.1) is 6.42 Å². The van der Waals surface area contributed by atoms with Gasteiger partial charge in [-0.2, -0.15) is 0 Å². The molecule has 0 unspecified atom stereocenters. The summed E-state index contributed by atoms with van der Waals surface area (Å²) in [5.41, 5.74) is 3.30. The zero-order chi connectivity index (χ0) is 18.4. The number of hydrogen-bond acceptors (Lipinski definition) is 6. The van der Waals surface area contributed by atoms with Crippen molar-refractivity contribution in [3.63, 3.8) is 0 Å². The van der Waals surface area contributed by atoms with Gasteiger partial charge in [-0.05, 0) is 59.7 Å². The summed E-state index contributed by atoms with van der Waals surface area (Å²) in [7, 11) is 0. The number of ether oxygens (including phenoxy) is 1. The van der Waals surface area contributed by atoms with E-state index < -0.39 is 5.97 Å². The second-order valence-corrected chi connectivity index (χ2v) is 6.59. The molecule has 1 aromatic heterocycles. The topological polar surface area (TPSA) is 87.0 Å². The maximum Gasteiger partial charge on any atom is 0.306 e. The Bertz CT molecular complexity index is 785. The van der Waals surface area contributed by atoms with Gasteiger partial charge in [0.15, 0.2) is 18.2 Å². The molecule has 7 nitrogen and oxygen atoms in total. The Morgan fingerprint density at radius 2 is 1.96 bits per heavy atom. The van der Waals surface area contributed by atoms with Crippen molar-refractivity contribution < 1.29 is 14.3 Å². The van der Waals surface area contributed by atoms with Crippen molar-refractivity contribution in [3.8, 4) is 0 Å². The first-order valence-electron chi connectivity index (χ1n) is 9.23. The van der Waals surface area contributed by atoms with E-state index in [9.17, 15) is 9.59 Å². The summed E-state index contributed by atoms with van der Waals surface area (Å²) in [5.74, 6) is 0.0784. The molecule has 0 N–H and O–H groups in total. The molecule has 1 aliphatic carbocycles. The van der Waals surface area contributed by atoms with Crippen molar-refractivity contribution >= 4 is 11.8 Å². The van der Waals surface area contributed by atoms with Crippen LogP contribution in [0, 0.1) is 0 Å². The molecule has 0 saturated carbocycles. The normalized spacial score (nSPS) is 13.3. The van der Waals surface area contributed by atoms with Crippen molar-refractivity contribution in [1.82, 2.24) is 20.2 Å². The van der Waals surface area contributed by atoms with Crippen molar-refractivity contribution in [2.45, 2.75) is 65.0 Å². The number of nitrogens with zero attached hydrogens (tertiary/aromatic N) is 4. The number of ketones is 1. The van der Waals surface area contributed by atoms with E-state index in [1.54, 1.807) is 4.68 Å². The fourth-order valence-corrected chi connectivity index (χ4v) is 3.20. The first-order chi connectivity index (χ1) is 12.7. The van der Waals surface area contributed by atoms with E-state index in [0.29, 0.717) is 17.9 Å².